The molecule has 0 bridgehead atoms. The Morgan fingerprint density at radius 3 is 1.53 bits per heavy atom. The van der Waals surface area contributed by atoms with Crippen molar-refractivity contribution in [2.75, 3.05) is 0 Å². The summed E-state index contributed by atoms with van der Waals surface area (Å²) in [7, 11) is 0. The van der Waals surface area contributed by atoms with Crippen molar-refractivity contribution in [2.45, 2.75) is 37.8 Å². The Morgan fingerprint density at radius 1 is 0.767 bits per heavy atom. The van der Waals surface area contributed by atoms with E-state index in [0.29, 0.717) is 12.8 Å². The van der Waals surface area contributed by atoms with Gasteiger partial charge in [0.25, 0.3) is 11.4 Å². The maximum atomic E-state index is 12.0. The minimum absolute atomic E-state index is 0.123. The molecule has 1 aliphatic carbocycles. The van der Waals surface area contributed by atoms with Crippen molar-refractivity contribution in [3.05, 3.63) is 67.8 Å². The molecule has 0 spiro atoms. The van der Waals surface area contributed by atoms with E-state index >= 15 is 0 Å². The third-order valence-corrected chi connectivity index (χ3v) is 4.91. The fourth-order valence-corrected chi connectivity index (χ4v) is 3.29. The van der Waals surface area contributed by atoms with Crippen molar-refractivity contribution in [2.24, 2.45) is 9.98 Å². The van der Waals surface area contributed by atoms with Gasteiger partial charge in [0.05, 0.1) is 21.9 Å². The molecule has 1 aliphatic rings. The van der Waals surface area contributed by atoms with Crippen LogP contribution in [0.2, 0.25) is 0 Å². The van der Waals surface area contributed by atoms with Crippen LogP contribution in [-0.2, 0) is 0 Å². The highest BCUT2D eigenvalue weighted by molar-refractivity contribution is 5.85. The first-order chi connectivity index (χ1) is 14.3. The topological polar surface area (TPSA) is 157 Å². The van der Waals surface area contributed by atoms with Crippen LogP contribution < -0.4 is 10.2 Å². The molecule has 3 rings (SSSR count). The molecule has 10 nitrogen and oxygen atoms in total. The zero-order valence-corrected chi connectivity index (χ0v) is 15.8. The van der Waals surface area contributed by atoms with E-state index in [1.807, 2.05) is 0 Å². The SMILES string of the molecule is O=[N+]([O-])c1ccc([O-])c(C=N[C@H]2CCCC[C@H]2N=Cc2cc([N+](=O)[O-])ccc2[O-])c1. The molecule has 2 aromatic carbocycles. The number of non-ortho nitro benzene ring substituents is 2. The highest BCUT2D eigenvalue weighted by Crippen LogP contribution is 2.26. The largest absolute Gasteiger partial charge is 0.872 e. The summed E-state index contributed by atoms with van der Waals surface area (Å²) in [6.45, 7) is 0. The number of hydrogen-bond acceptors (Lipinski definition) is 8. The average molecular weight is 410 g/mol. The Morgan fingerprint density at radius 2 is 1.17 bits per heavy atom. The minimum atomic E-state index is -0.579. The van der Waals surface area contributed by atoms with E-state index in [2.05, 4.69) is 9.98 Å². The molecule has 0 aliphatic heterocycles. The van der Waals surface area contributed by atoms with Crippen LogP contribution in [0.25, 0.3) is 0 Å². The summed E-state index contributed by atoms with van der Waals surface area (Å²) in [5, 5.41) is 45.7. The lowest BCUT2D eigenvalue weighted by molar-refractivity contribution is -0.385. The monoisotopic (exact) mass is 410 g/mol. The van der Waals surface area contributed by atoms with Crippen LogP contribution in [0.4, 0.5) is 11.4 Å². The normalized spacial score (nSPS) is 19.3. The molecule has 156 valence electrons. The second-order valence-corrected chi connectivity index (χ2v) is 6.93. The Hall–Kier alpha value is -3.82. The summed E-state index contributed by atoms with van der Waals surface area (Å²) in [4.78, 5) is 29.5. The molecule has 2 aromatic rings. The first kappa shape index (κ1) is 20.9. The van der Waals surface area contributed by atoms with Crippen molar-refractivity contribution in [1.82, 2.24) is 0 Å². The molecule has 0 unspecified atom stereocenters. The lowest BCUT2D eigenvalue weighted by Gasteiger charge is -2.26. The molecular formula is C20H18N4O6-2. The van der Waals surface area contributed by atoms with Crippen molar-refractivity contribution in [3.63, 3.8) is 0 Å². The van der Waals surface area contributed by atoms with Crippen molar-refractivity contribution >= 4 is 23.8 Å². The third-order valence-electron chi connectivity index (χ3n) is 4.91. The molecule has 0 saturated heterocycles. The van der Waals surface area contributed by atoms with Crippen LogP contribution in [0.3, 0.4) is 0 Å². The molecule has 0 amide bonds. The van der Waals surface area contributed by atoms with Gasteiger partial charge in [0.2, 0.25) is 0 Å². The van der Waals surface area contributed by atoms with Gasteiger partial charge in [-0.3, -0.25) is 30.2 Å². The number of nitro benzene ring substituents is 2. The maximum Gasteiger partial charge on any atom is 0.270 e. The van der Waals surface area contributed by atoms with Crippen LogP contribution >= 0.6 is 0 Å². The van der Waals surface area contributed by atoms with Gasteiger partial charge in [0, 0.05) is 36.7 Å². The average Bonchev–Trinajstić information content (AvgIpc) is 2.72. The molecule has 0 aromatic heterocycles. The van der Waals surface area contributed by atoms with Gasteiger partial charge < -0.3 is 10.2 Å². The van der Waals surface area contributed by atoms with E-state index in [4.69, 9.17) is 0 Å². The van der Waals surface area contributed by atoms with Crippen molar-refractivity contribution in [3.8, 4) is 11.5 Å². The predicted octanol–water partition coefficient (Wildman–Crippen LogP) is 2.50. The zero-order chi connectivity index (χ0) is 21.7. The molecule has 0 heterocycles. The fraction of sp³-hybridized carbons (Fsp3) is 0.300. The number of nitrogens with zero attached hydrogens (tertiary/aromatic N) is 4. The molecule has 30 heavy (non-hydrogen) atoms. The van der Waals surface area contributed by atoms with Crippen molar-refractivity contribution in [1.29, 1.82) is 0 Å². The smallest absolute Gasteiger partial charge is 0.270 e. The quantitative estimate of drug-likeness (QED) is 0.404. The molecule has 1 saturated carbocycles. The van der Waals surface area contributed by atoms with Gasteiger partial charge in [0.15, 0.2) is 0 Å². The van der Waals surface area contributed by atoms with Crippen LogP contribution in [0.5, 0.6) is 11.5 Å². The van der Waals surface area contributed by atoms with E-state index in [9.17, 15) is 30.4 Å². The zero-order valence-electron chi connectivity index (χ0n) is 15.8. The van der Waals surface area contributed by atoms with Gasteiger partial charge in [-0.25, -0.2) is 0 Å². The van der Waals surface area contributed by atoms with Gasteiger partial charge in [-0.15, -0.1) is 0 Å². The number of hydrogen-bond donors (Lipinski definition) is 0. The van der Waals surface area contributed by atoms with E-state index < -0.39 is 9.85 Å². The van der Waals surface area contributed by atoms with Gasteiger partial charge in [-0.05, 0) is 24.0 Å². The van der Waals surface area contributed by atoms with E-state index in [0.717, 1.165) is 37.1 Å². The predicted molar refractivity (Wildman–Crippen MR) is 106 cm³/mol. The van der Waals surface area contributed by atoms with Gasteiger partial charge >= 0.3 is 0 Å². The second-order valence-electron chi connectivity index (χ2n) is 6.93. The second kappa shape index (κ2) is 9.12. The number of nitro groups is 2. The third kappa shape index (κ3) is 4.96. The molecule has 0 N–H and O–H groups in total. The van der Waals surface area contributed by atoms with Gasteiger partial charge in [-0.2, -0.15) is 0 Å². The standard InChI is InChI=1S/C20H20N4O6/c25-19-7-5-15(23(27)28)9-13(19)11-21-17-3-1-2-4-18(17)22-12-14-10-16(24(29)30)6-8-20(14)26/h5-12,17-18,25-26H,1-4H2/p-2/t17-,18+. The molecular weight excluding hydrogens is 392 g/mol. The van der Waals surface area contributed by atoms with Crippen LogP contribution in [0, 0.1) is 20.2 Å². The highest BCUT2D eigenvalue weighted by atomic mass is 16.6. The Labute approximate surface area is 171 Å². The Kier molecular flexibility index (Phi) is 6.35. The molecule has 1 fully saturated rings. The first-order valence-electron chi connectivity index (χ1n) is 9.32. The summed E-state index contributed by atoms with van der Waals surface area (Å²) < 4.78 is 0. The van der Waals surface area contributed by atoms with E-state index in [1.54, 1.807) is 0 Å². The van der Waals surface area contributed by atoms with Crippen LogP contribution in [-0.4, -0.2) is 34.4 Å². The molecule has 2 atom stereocenters. The van der Waals surface area contributed by atoms with Crippen LogP contribution in [0.1, 0.15) is 36.8 Å². The number of aliphatic imine (C=N–C) groups is 2. The summed E-state index contributed by atoms with van der Waals surface area (Å²) >= 11 is 0. The van der Waals surface area contributed by atoms with E-state index in [-0.39, 0.29) is 46.1 Å². The Bertz CT molecular complexity index is 939. The number of benzene rings is 2. The lowest BCUT2D eigenvalue weighted by Crippen LogP contribution is -2.27. The lowest BCUT2D eigenvalue weighted by atomic mass is 9.91. The summed E-state index contributed by atoms with van der Waals surface area (Å²) in [6.07, 6.45) is 5.91. The van der Waals surface area contributed by atoms with Crippen molar-refractivity contribution < 1.29 is 20.1 Å². The highest BCUT2D eigenvalue weighted by Gasteiger charge is 2.23. The Balaban J connectivity index is 1.81. The maximum absolute atomic E-state index is 12.0. The first-order valence-corrected chi connectivity index (χ1v) is 9.32. The fourth-order valence-electron chi connectivity index (χ4n) is 3.29. The van der Waals surface area contributed by atoms with Gasteiger partial charge in [0.1, 0.15) is 0 Å². The summed E-state index contributed by atoms with van der Waals surface area (Å²) in [5.74, 6) is -0.736. The van der Waals surface area contributed by atoms with E-state index in [1.165, 1.54) is 24.6 Å². The summed E-state index contributed by atoms with van der Waals surface area (Å²) in [5.41, 5.74) is -0.137. The molecule has 0 radical (unpaired) electrons. The summed E-state index contributed by atoms with van der Waals surface area (Å²) in [6, 6.07) is 6.39. The van der Waals surface area contributed by atoms with Gasteiger partial charge in [-0.1, -0.05) is 36.5 Å². The minimum Gasteiger partial charge on any atom is -0.872 e. The van der Waals surface area contributed by atoms with Crippen LogP contribution in [0.15, 0.2) is 46.4 Å². The number of rotatable bonds is 6. The molecule has 10 heteroatoms.